The topological polar surface area (TPSA) is 125 Å². The van der Waals surface area contributed by atoms with Crippen LogP contribution in [-0.2, 0) is 24.1 Å². The lowest BCUT2D eigenvalue weighted by Gasteiger charge is -2.07. The Kier molecular flexibility index (Phi) is 5.79. The van der Waals surface area contributed by atoms with Crippen LogP contribution in [0.15, 0.2) is 0 Å². The van der Waals surface area contributed by atoms with Crippen molar-refractivity contribution in [2.45, 2.75) is 12.8 Å². The zero-order valence-electron chi connectivity index (χ0n) is 7.10. The van der Waals surface area contributed by atoms with Gasteiger partial charge in [-0.3, -0.25) is 9.68 Å². The molecule has 1 saturated heterocycles. The molecule has 0 aromatic rings. The molecule has 3 N–H and O–H groups in total. The Morgan fingerprint density at radius 2 is 1.79 bits per heavy atom. The molecule has 1 rings (SSSR count). The van der Waals surface area contributed by atoms with E-state index in [-0.39, 0.29) is 19.6 Å². The van der Waals surface area contributed by atoms with Crippen molar-refractivity contribution in [2.75, 3.05) is 6.79 Å². The molecule has 0 radical (unpaired) electrons. The Morgan fingerprint density at radius 1 is 1.29 bits per heavy atom. The highest BCUT2D eigenvalue weighted by Crippen LogP contribution is 2.00. The number of esters is 1. The van der Waals surface area contributed by atoms with Gasteiger partial charge in [0.1, 0.15) is 0 Å². The highest BCUT2D eigenvalue weighted by Gasteiger charge is 2.13. The van der Waals surface area contributed by atoms with E-state index in [1.165, 1.54) is 0 Å². The second-order valence-electron chi connectivity index (χ2n) is 2.05. The van der Waals surface area contributed by atoms with Gasteiger partial charge in [0, 0.05) is 0 Å². The number of nitrogens with two attached hydrogens (primary N) is 1. The predicted molar refractivity (Wildman–Crippen MR) is 39.6 cm³/mol. The number of carbonyl (C=O) groups is 3. The molecule has 1 amide bonds. The van der Waals surface area contributed by atoms with Gasteiger partial charge in [-0.25, -0.2) is 9.59 Å². The number of primary amides is 1. The monoisotopic (exact) mass is 207 g/mol. The van der Waals surface area contributed by atoms with Gasteiger partial charge in [0.2, 0.25) is 6.79 Å². The van der Waals surface area contributed by atoms with Crippen molar-refractivity contribution in [3.8, 4) is 0 Å². The SMILES string of the molecule is NC(=O)O.O=C1CCC(=O)OOCO1. The Morgan fingerprint density at radius 3 is 2.36 bits per heavy atom. The van der Waals surface area contributed by atoms with E-state index in [0.717, 1.165) is 0 Å². The minimum absolute atomic E-state index is 0.0127. The summed E-state index contributed by atoms with van der Waals surface area (Å²) in [6, 6.07) is 0. The van der Waals surface area contributed by atoms with E-state index in [0.29, 0.717) is 0 Å². The first-order valence-electron chi connectivity index (χ1n) is 3.48. The molecule has 0 saturated carbocycles. The summed E-state index contributed by atoms with van der Waals surface area (Å²) in [7, 11) is 0. The van der Waals surface area contributed by atoms with Gasteiger partial charge < -0.3 is 15.6 Å². The van der Waals surface area contributed by atoms with Crippen molar-refractivity contribution < 1.29 is 34.0 Å². The summed E-state index contributed by atoms with van der Waals surface area (Å²) in [5.74, 6) is -0.992. The fourth-order valence-electron chi connectivity index (χ4n) is 0.498. The lowest BCUT2D eigenvalue weighted by atomic mass is 10.3. The zero-order chi connectivity index (χ0) is 11.0. The number of carbonyl (C=O) groups excluding carboxylic acids is 2. The highest BCUT2D eigenvalue weighted by atomic mass is 17.2. The smallest absolute Gasteiger partial charge is 0.402 e. The van der Waals surface area contributed by atoms with Crippen LogP contribution < -0.4 is 5.73 Å². The van der Waals surface area contributed by atoms with E-state index in [4.69, 9.17) is 9.90 Å². The van der Waals surface area contributed by atoms with Gasteiger partial charge in [0.15, 0.2) is 0 Å². The minimum Gasteiger partial charge on any atom is -0.465 e. The number of rotatable bonds is 0. The number of ether oxygens (including phenoxy) is 1. The Labute approximate surface area is 78.5 Å². The summed E-state index contributed by atoms with van der Waals surface area (Å²) in [5, 5.41) is 7.19. The predicted octanol–water partition coefficient (Wildman–Crippen LogP) is -0.621. The molecule has 0 aromatic carbocycles. The summed E-state index contributed by atoms with van der Waals surface area (Å²) in [4.78, 5) is 38.0. The maximum atomic E-state index is 10.5. The molecule has 0 aliphatic carbocycles. The molecule has 0 bridgehead atoms. The first-order chi connectivity index (χ1) is 6.52. The van der Waals surface area contributed by atoms with E-state index in [9.17, 15) is 9.59 Å². The molecule has 0 aromatic heterocycles. The third-order valence-electron chi connectivity index (χ3n) is 0.953. The third-order valence-corrected chi connectivity index (χ3v) is 0.953. The summed E-state index contributed by atoms with van der Waals surface area (Å²) >= 11 is 0. The normalized spacial score (nSPS) is 16.3. The van der Waals surface area contributed by atoms with Crippen LogP contribution in [0.5, 0.6) is 0 Å². The van der Waals surface area contributed by atoms with Gasteiger partial charge in [-0.1, -0.05) is 0 Å². The summed E-state index contributed by atoms with van der Waals surface area (Å²) in [6.45, 7) is -0.315. The van der Waals surface area contributed by atoms with Crippen molar-refractivity contribution in [2.24, 2.45) is 5.73 Å². The highest BCUT2D eigenvalue weighted by molar-refractivity contribution is 5.77. The molecule has 14 heavy (non-hydrogen) atoms. The Hall–Kier alpha value is -1.83. The molecule has 1 heterocycles. The molecular formula is C6H9NO7. The molecule has 0 unspecified atom stereocenters. The molecule has 1 fully saturated rings. The van der Waals surface area contributed by atoms with Crippen LogP contribution in [0.25, 0.3) is 0 Å². The summed E-state index contributed by atoms with van der Waals surface area (Å²) in [6.07, 6.45) is -1.26. The van der Waals surface area contributed by atoms with Crippen LogP contribution in [0.1, 0.15) is 12.8 Å². The lowest BCUT2D eigenvalue weighted by molar-refractivity contribution is -0.309. The van der Waals surface area contributed by atoms with E-state index >= 15 is 0 Å². The molecule has 0 spiro atoms. The minimum atomic E-state index is -1.33. The van der Waals surface area contributed by atoms with E-state index in [1.807, 2.05) is 0 Å². The molecule has 80 valence electrons. The lowest BCUT2D eigenvalue weighted by Crippen LogP contribution is -2.17. The molecule has 1 aliphatic rings. The van der Waals surface area contributed by atoms with Gasteiger partial charge in [-0.05, 0) is 0 Å². The third kappa shape index (κ3) is 8.27. The van der Waals surface area contributed by atoms with Crippen molar-refractivity contribution in [1.82, 2.24) is 0 Å². The Bertz CT molecular complexity index is 204. The molecule has 8 heteroatoms. The van der Waals surface area contributed by atoms with Crippen LogP contribution in [0.3, 0.4) is 0 Å². The largest absolute Gasteiger partial charge is 0.465 e. The van der Waals surface area contributed by atoms with Gasteiger partial charge in [-0.15, -0.1) is 4.89 Å². The fourth-order valence-corrected chi connectivity index (χ4v) is 0.498. The number of carboxylic acid groups (broad SMARTS) is 1. The molecular weight excluding hydrogens is 198 g/mol. The Balaban J connectivity index is 0.000000364. The van der Waals surface area contributed by atoms with Crippen molar-refractivity contribution in [3.05, 3.63) is 0 Å². The van der Waals surface area contributed by atoms with Crippen LogP contribution in [0, 0.1) is 0 Å². The number of cyclic esters (lactones) is 1. The molecule has 1 aliphatic heterocycles. The first-order valence-corrected chi connectivity index (χ1v) is 3.48. The van der Waals surface area contributed by atoms with Crippen LogP contribution in [-0.4, -0.2) is 29.9 Å². The van der Waals surface area contributed by atoms with Crippen LogP contribution in [0.2, 0.25) is 0 Å². The standard InChI is InChI=1S/C5H6O5.CH3NO2/c6-4-1-2-5(7)10-9-3-8-4;2-1(3)4/h1-3H2;2H2,(H,3,4). The van der Waals surface area contributed by atoms with E-state index in [2.05, 4.69) is 20.2 Å². The second kappa shape index (κ2) is 6.66. The van der Waals surface area contributed by atoms with E-state index in [1.54, 1.807) is 0 Å². The molecule has 0 atom stereocenters. The first kappa shape index (κ1) is 12.2. The maximum absolute atomic E-state index is 10.5. The number of amides is 1. The maximum Gasteiger partial charge on any atom is 0.402 e. The fraction of sp³-hybridized carbons (Fsp3) is 0.500. The zero-order valence-corrected chi connectivity index (χ0v) is 7.10. The van der Waals surface area contributed by atoms with E-state index < -0.39 is 18.0 Å². The average Bonchev–Trinajstić information content (AvgIpc) is 2.05. The molecule has 8 nitrogen and oxygen atoms in total. The van der Waals surface area contributed by atoms with Crippen LogP contribution >= 0.6 is 0 Å². The van der Waals surface area contributed by atoms with Gasteiger partial charge in [-0.2, -0.15) is 0 Å². The van der Waals surface area contributed by atoms with Gasteiger partial charge in [0.05, 0.1) is 12.8 Å². The van der Waals surface area contributed by atoms with Crippen molar-refractivity contribution in [1.29, 1.82) is 0 Å². The van der Waals surface area contributed by atoms with Gasteiger partial charge in [0.25, 0.3) is 0 Å². The van der Waals surface area contributed by atoms with Crippen molar-refractivity contribution >= 4 is 18.0 Å². The average molecular weight is 207 g/mol. The number of hydrogen-bond donors (Lipinski definition) is 2. The quantitative estimate of drug-likeness (QED) is 0.400. The summed E-state index contributed by atoms with van der Waals surface area (Å²) < 4.78 is 4.39. The number of hydrogen-bond acceptors (Lipinski definition) is 6. The van der Waals surface area contributed by atoms with Gasteiger partial charge >= 0.3 is 18.0 Å². The van der Waals surface area contributed by atoms with Crippen molar-refractivity contribution in [3.63, 3.8) is 0 Å². The summed E-state index contributed by atoms with van der Waals surface area (Å²) in [5.41, 5.74) is 4.03. The second-order valence-corrected chi connectivity index (χ2v) is 2.05. The van der Waals surface area contributed by atoms with Crippen LogP contribution in [0.4, 0.5) is 4.79 Å².